The first-order chi connectivity index (χ1) is 12.5. The predicted octanol–water partition coefficient (Wildman–Crippen LogP) is 4.47. The van der Waals surface area contributed by atoms with E-state index in [1.54, 1.807) is 0 Å². The van der Waals surface area contributed by atoms with Gasteiger partial charge in [0.2, 0.25) is 0 Å². The molecule has 3 nitrogen and oxygen atoms in total. The molecule has 3 aliphatic heterocycles. The molecule has 0 aromatic rings. The highest BCUT2D eigenvalue weighted by molar-refractivity contribution is 5.03. The molecule has 1 saturated carbocycles. The van der Waals surface area contributed by atoms with Crippen molar-refractivity contribution < 1.29 is 0 Å². The summed E-state index contributed by atoms with van der Waals surface area (Å²) in [6.45, 7) is 22.4. The van der Waals surface area contributed by atoms with Crippen LogP contribution in [0.15, 0.2) is 0 Å². The Morgan fingerprint density at radius 1 is 0.815 bits per heavy atom. The predicted molar refractivity (Wildman–Crippen MR) is 115 cm³/mol. The van der Waals surface area contributed by atoms with Crippen molar-refractivity contribution in [2.24, 2.45) is 17.8 Å². The van der Waals surface area contributed by atoms with E-state index in [1.165, 1.54) is 58.3 Å². The lowest BCUT2D eigenvalue weighted by molar-refractivity contribution is -0.0899. The molecule has 0 aromatic carbocycles. The second-order valence-corrected chi connectivity index (χ2v) is 12.4. The van der Waals surface area contributed by atoms with Crippen LogP contribution in [-0.2, 0) is 0 Å². The molecule has 4 fully saturated rings. The van der Waals surface area contributed by atoms with Gasteiger partial charge in [-0.1, -0.05) is 6.42 Å². The number of likely N-dealkylation sites (tertiary alicyclic amines) is 3. The summed E-state index contributed by atoms with van der Waals surface area (Å²) in [5.74, 6) is 2.99. The molecule has 1 aliphatic carbocycles. The third kappa shape index (κ3) is 4.12. The van der Waals surface area contributed by atoms with Gasteiger partial charge in [-0.25, -0.2) is 0 Å². The second-order valence-electron chi connectivity index (χ2n) is 12.4. The van der Waals surface area contributed by atoms with Gasteiger partial charge in [-0.05, 0) is 91.9 Å². The Hall–Kier alpha value is -0.120. The summed E-state index contributed by atoms with van der Waals surface area (Å²) >= 11 is 0. The van der Waals surface area contributed by atoms with E-state index in [-0.39, 0.29) is 5.54 Å². The zero-order valence-corrected chi connectivity index (χ0v) is 19.2. The number of fused-ring (bicyclic) bond motifs is 1. The summed E-state index contributed by atoms with van der Waals surface area (Å²) in [7, 11) is 0. The quantitative estimate of drug-likeness (QED) is 0.718. The van der Waals surface area contributed by atoms with Crippen LogP contribution in [-0.4, -0.2) is 70.1 Å². The van der Waals surface area contributed by atoms with Crippen molar-refractivity contribution in [2.75, 3.05) is 26.2 Å². The van der Waals surface area contributed by atoms with Crippen LogP contribution in [0.5, 0.6) is 0 Å². The molecule has 4 aliphatic rings. The molecule has 3 saturated heterocycles. The van der Waals surface area contributed by atoms with Gasteiger partial charge in [-0.15, -0.1) is 0 Å². The van der Waals surface area contributed by atoms with Crippen molar-refractivity contribution >= 4 is 0 Å². The molecule has 0 spiro atoms. The topological polar surface area (TPSA) is 9.72 Å². The molecule has 4 rings (SSSR count). The van der Waals surface area contributed by atoms with E-state index in [4.69, 9.17) is 0 Å². The third-order valence-corrected chi connectivity index (χ3v) is 8.21. The maximum atomic E-state index is 2.98. The van der Waals surface area contributed by atoms with Crippen molar-refractivity contribution in [1.82, 2.24) is 14.7 Å². The third-order valence-electron chi connectivity index (χ3n) is 8.21. The highest BCUT2D eigenvalue weighted by Gasteiger charge is 2.49. The highest BCUT2D eigenvalue weighted by atomic mass is 15.3. The van der Waals surface area contributed by atoms with Gasteiger partial charge in [0, 0.05) is 55.4 Å². The molecule has 0 radical (unpaired) electrons. The summed E-state index contributed by atoms with van der Waals surface area (Å²) < 4.78 is 0. The molecule has 156 valence electrons. The molecular weight excluding hydrogens is 330 g/mol. The monoisotopic (exact) mass is 375 g/mol. The molecule has 3 heterocycles. The van der Waals surface area contributed by atoms with E-state index in [2.05, 4.69) is 63.2 Å². The number of nitrogens with zero attached hydrogens (tertiary/aromatic N) is 3. The zero-order chi connectivity index (χ0) is 19.6. The SMILES string of the molecule is CC(CC1CCCC(C2CN(C(C)(C)C)C2)N1C(C)(C)C)N1CC2CC2C1. The van der Waals surface area contributed by atoms with Crippen molar-refractivity contribution in [3.05, 3.63) is 0 Å². The molecular formula is C24H45N3. The van der Waals surface area contributed by atoms with E-state index in [1.807, 2.05) is 0 Å². The molecule has 5 unspecified atom stereocenters. The van der Waals surface area contributed by atoms with E-state index in [0.717, 1.165) is 35.9 Å². The smallest absolute Gasteiger partial charge is 0.0156 e. The first-order valence-electron chi connectivity index (χ1n) is 11.8. The molecule has 3 heteroatoms. The minimum Gasteiger partial charge on any atom is -0.300 e. The molecule has 0 N–H and O–H groups in total. The van der Waals surface area contributed by atoms with Gasteiger partial charge in [-0.3, -0.25) is 9.80 Å². The minimum atomic E-state index is 0.283. The lowest BCUT2D eigenvalue weighted by atomic mass is 9.77. The first-order valence-corrected chi connectivity index (χ1v) is 11.8. The van der Waals surface area contributed by atoms with Gasteiger partial charge in [-0.2, -0.15) is 0 Å². The van der Waals surface area contributed by atoms with E-state index in [0.29, 0.717) is 5.54 Å². The van der Waals surface area contributed by atoms with Crippen molar-refractivity contribution in [3.63, 3.8) is 0 Å². The molecule has 0 aromatic heterocycles. The van der Waals surface area contributed by atoms with E-state index < -0.39 is 0 Å². The highest BCUT2D eigenvalue weighted by Crippen LogP contribution is 2.46. The van der Waals surface area contributed by atoms with Crippen LogP contribution in [0, 0.1) is 17.8 Å². The maximum absolute atomic E-state index is 2.98. The van der Waals surface area contributed by atoms with Crippen LogP contribution >= 0.6 is 0 Å². The summed E-state index contributed by atoms with van der Waals surface area (Å²) in [6, 6.07) is 2.33. The standard InChI is InChI=1S/C24H45N3/c1-17(25-13-18-12-19(18)14-25)11-21-9-8-10-22(27(21)24(5,6)7)20-15-26(16-20)23(2,3)4/h17-22H,8-16H2,1-7H3. The largest absolute Gasteiger partial charge is 0.300 e. The Balaban J connectivity index is 1.41. The number of piperidine rings is 2. The summed E-state index contributed by atoms with van der Waals surface area (Å²) in [5, 5.41) is 0. The first kappa shape index (κ1) is 20.2. The average molecular weight is 376 g/mol. The van der Waals surface area contributed by atoms with Gasteiger partial charge in [0.1, 0.15) is 0 Å². The Bertz CT molecular complexity index is 515. The molecule has 0 amide bonds. The fourth-order valence-corrected chi connectivity index (χ4v) is 6.49. The lowest BCUT2D eigenvalue weighted by Gasteiger charge is -2.58. The van der Waals surface area contributed by atoms with E-state index in [9.17, 15) is 0 Å². The summed E-state index contributed by atoms with van der Waals surface area (Å²) in [6.07, 6.45) is 7.16. The fraction of sp³-hybridized carbons (Fsp3) is 1.00. The minimum absolute atomic E-state index is 0.283. The van der Waals surface area contributed by atoms with Gasteiger partial charge in [0.05, 0.1) is 0 Å². The normalized spacial score (nSPS) is 37.9. The van der Waals surface area contributed by atoms with Crippen molar-refractivity contribution in [1.29, 1.82) is 0 Å². The lowest BCUT2D eigenvalue weighted by Crippen LogP contribution is -2.66. The Morgan fingerprint density at radius 2 is 1.44 bits per heavy atom. The van der Waals surface area contributed by atoms with Gasteiger partial charge in [0.25, 0.3) is 0 Å². The maximum Gasteiger partial charge on any atom is 0.0156 e. The van der Waals surface area contributed by atoms with Crippen molar-refractivity contribution in [2.45, 2.75) is 110 Å². The van der Waals surface area contributed by atoms with E-state index >= 15 is 0 Å². The van der Waals surface area contributed by atoms with Gasteiger partial charge < -0.3 is 4.90 Å². The second kappa shape index (κ2) is 6.99. The van der Waals surface area contributed by atoms with Gasteiger partial charge >= 0.3 is 0 Å². The number of hydrogen-bond donors (Lipinski definition) is 0. The Kier molecular flexibility index (Phi) is 5.22. The number of hydrogen-bond acceptors (Lipinski definition) is 3. The zero-order valence-electron chi connectivity index (χ0n) is 19.2. The fourth-order valence-electron chi connectivity index (χ4n) is 6.49. The average Bonchev–Trinajstić information content (AvgIpc) is 3.09. The Morgan fingerprint density at radius 3 is 2.00 bits per heavy atom. The summed E-state index contributed by atoms with van der Waals surface area (Å²) in [4.78, 5) is 8.48. The Labute approximate surface area is 168 Å². The van der Waals surface area contributed by atoms with Gasteiger partial charge in [0.15, 0.2) is 0 Å². The van der Waals surface area contributed by atoms with Crippen LogP contribution in [0.3, 0.4) is 0 Å². The van der Waals surface area contributed by atoms with Crippen LogP contribution in [0.2, 0.25) is 0 Å². The van der Waals surface area contributed by atoms with Crippen LogP contribution in [0.4, 0.5) is 0 Å². The van der Waals surface area contributed by atoms with Crippen LogP contribution in [0.25, 0.3) is 0 Å². The van der Waals surface area contributed by atoms with Crippen LogP contribution in [0.1, 0.15) is 80.6 Å². The van der Waals surface area contributed by atoms with Crippen LogP contribution < -0.4 is 0 Å². The molecule has 0 bridgehead atoms. The molecule has 27 heavy (non-hydrogen) atoms. The van der Waals surface area contributed by atoms with Crippen molar-refractivity contribution in [3.8, 4) is 0 Å². The summed E-state index contributed by atoms with van der Waals surface area (Å²) in [5.41, 5.74) is 0.618. The number of rotatable bonds is 4. The molecule has 5 atom stereocenters.